The number of halogens is 2. The Kier molecular flexibility index (Phi) is 5.91. The first kappa shape index (κ1) is 16.2. The Morgan fingerprint density at radius 1 is 1.33 bits per heavy atom. The molecule has 0 saturated heterocycles. The first-order valence-electron chi connectivity index (χ1n) is 6.69. The lowest BCUT2D eigenvalue weighted by Gasteiger charge is -2.32. The molecule has 4 heteroatoms. The molecule has 18 heavy (non-hydrogen) atoms. The van der Waals surface area contributed by atoms with E-state index < -0.39 is 0 Å². The molecular weight excluding hydrogens is 356 g/mol. The van der Waals surface area contributed by atoms with Crippen LogP contribution in [-0.2, 0) is 19.4 Å². The molecule has 0 amide bonds. The molecule has 2 nitrogen and oxygen atoms in total. The zero-order valence-corrected chi connectivity index (χ0v) is 15.2. The van der Waals surface area contributed by atoms with Gasteiger partial charge in [-0.05, 0) is 47.0 Å². The van der Waals surface area contributed by atoms with E-state index in [0.29, 0.717) is 5.92 Å². The van der Waals surface area contributed by atoms with Crippen molar-refractivity contribution in [3.05, 3.63) is 15.9 Å². The second-order valence-corrected chi connectivity index (χ2v) is 6.85. The van der Waals surface area contributed by atoms with Crippen LogP contribution in [0.4, 0.5) is 0 Å². The molecule has 1 aromatic rings. The lowest BCUT2D eigenvalue weighted by Crippen LogP contribution is -2.29. The predicted molar refractivity (Wildman–Crippen MR) is 85.4 cm³/mol. The van der Waals surface area contributed by atoms with Crippen LogP contribution in [0.25, 0.3) is 0 Å². The van der Waals surface area contributed by atoms with Gasteiger partial charge in [0.1, 0.15) is 0 Å². The van der Waals surface area contributed by atoms with E-state index in [0.717, 1.165) is 24.7 Å². The maximum absolute atomic E-state index is 4.68. The average Bonchev–Trinajstić information content (AvgIpc) is 2.65. The van der Waals surface area contributed by atoms with Gasteiger partial charge < -0.3 is 0 Å². The molecule has 1 rings (SSSR count). The van der Waals surface area contributed by atoms with Gasteiger partial charge in [-0.1, -0.05) is 43.6 Å². The quantitative estimate of drug-likeness (QED) is 0.647. The van der Waals surface area contributed by atoms with Crippen LogP contribution in [0.5, 0.6) is 0 Å². The number of aromatic nitrogens is 2. The number of aryl methyl sites for hydroxylation is 2. The van der Waals surface area contributed by atoms with Gasteiger partial charge in [0.15, 0.2) is 0 Å². The fourth-order valence-corrected chi connectivity index (χ4v) is 3.52. The van der Waals surface area contributed by atoms with Crippen LogP contribution in [0.3, 0.4) is 0 Å². The van der Waals surface area contributed by atoms with E-state index in [1.54, 1.807) is 0 Å². The van der Waals surface area contributed by atoms with Gasteiger partial charge in [-0.3, -0.25) is 4.68 Å². The highest BCUT2D eigenvalue weighted by atomic mass is 79.9. The maximum atomic E-state index is 4.68. The molecule has 1 heterocycles. The van der Waals surface area contributed by atoms with Gasteiger partial charge in [0.05, 0.1) is 15.9 Å². The summed E-state index contributed by atoms with van der Waals surface area (Å²) in [6, 6.07) is 0. The fraction of sp³-hybridized carbons (Fsp3) is 0.786. The minimum Gasteiger partial charge on any atom is -0.268 e. The highest BCUT2D eigenvalue weighted by Crippen LogP contribution is 2.36. The summed E-state index contributed by atoms with van der Waals surface area (Å²) in [4.78, 5) is 0. The Morgan fingerprint density at radius 2 is 1.94 bits per heavy atom. The van der Waals surface area contributed by atoms with E-state index in [-0.39, 0.29) is 5.41 Å². The van der Waals surface area contributed by atoms with E-state index in [9.17, 15) is 0 Å². The van der Waals surface area contributed by atoms with E-state index >= 15 is 0 Å². The van der Waals surface area contributed by atoms with Gasteiger partial charge in [-0.2, -0.15) is 5.10 Å². The first-order valence-corrected chi connectivity index (χ1v) is 8.61. The fourth-order valence-electron chi connectivity index (χ4n) is 1.97. The lowest BCUT2D eigenvalue weighted by molar-refractivity contribution is 0.251. The summed E-state index contributed by atoms with van der Waals surface area (Å²) in [7, 11) is 0. The normalized spacial score (nSPS) is 15.1. The molecule has 0 spiro atoms. The second-order valence-electron chi connectivity index (χ2n) is 5.50. The number of hydrogen-bond donors (Lipinski definition) is 0. The molecule has 1 unspecified atom stereocenters. The average molecular weight is 380 g/mol. The maximum Gasteiger partial charge on any atom is 0.0766 e. The van der Waals surface area contributed by atoms with Crippen molar-refractivity contribution in [2.24, 2.45) is 11.3 Å². The van der Waals surface area contributed by atoms with Gasteiger partial charge in [0.2, 0.25) is 0 Å². The van der Waals surface area contributed by atoms with Crippen LogP contribution < -0.4 is 0 Å². The number of hydrogen-bond acceptors (Lipinski definition) is 1. The summed E-state index contributed by atoms with van der Waals surface area (Å²) < 4.78 is 3.35. The molecule has 0 N–H and O–H groups in total. The highest BCUT2D eigenvalue weighted by molar-refractivity contribution is 9.10. The molecule has 0 fully saturated rings. The Hall–Kier alpha value is 0.170. The molecule has 0 bridgehead atoms. The number of alkyl halides is 1. The predicted octanol–water partition coefficient (Wildman–Crippen LogP) is 4.83. The summed E-state index contributed by atoms with van der Waals surface area (Å²) in [6.07, 6.45) is 2.03. The van der Waals surface area contributed by atoms with E-state index in [1.165, 1.54) is 15.9 Å². The molecule has 0 aromatic carbocycles. The second kappa shape index (κ2) is 6.56. The van der Waals surface area contributed by atoms with Crippen molar-refractivity contribution in [1.29, 1.82) is 0 Å². The Balaban J connectivity index is 3.13. The summed E-state index contributed by atoms with van der Waals surface area (Å²) in [6.45, 7) is 12.2. The van der Waals surface area contributed by atoms with Crippen LogP contribution in [-0.4, -0.2) is 15.1 Å². The molecular formula is C14H24Br2N2. The van der Waals surface area contributed by atoms with Crippen molar-refractivity contribution in [2.75, 3.05) is 5.33 Å². The zero-order valence-electron chi connectivity index (χ0n) is 12.1. The van der Waals surface area contributed by atoms with Gasteiger partial charge in [0.25, 0.3) is 0 Å². The topological polar surface area (TPSA) is 17.8 Å². The van der Waals surface area contributed by atoms with Crippen molar-refractivity contribution in [1.82, 2.24) is 9.78 Å². The molecule has 1 aromatic heterocycles. The summed E-state index contributed by atoms with van der Waals surface area (Å²) >= 11 is 7.42. The minimum atomic E-state index is 0.264. The summed E-state index contributed by atoms with van der Waals surface area (Å²) in [5.41, 5.74) is 2.78. The molecule has 0 aliphatic heterocycles. The van der Waals surface area contributed by atoms with Crippen LogP contribution in [0.2, 0.25) is 0 Å². The largest absolute Gasteiger partial charge is 0.268 e. The SMILES string of the molecule is CCc1nn(CC)c(CC(C)(CBr)C(C)C)c1Br. The number of nitrogens with zero attached hydrogens (tertiary/aromatic N) is 2. The molecule has 0 aliphatic carbocycles. The molecule has 0 aliphatic rings. The summed E-state index contributed by atoms with van der Waals surface area (Å²) in [5.74, 6) is 0.633. The monoisotopic (exact) mass is 378 g/mol. The Morgan fingerprint density at radius 3 is 2.33 bits per heavy atom. The van der Waals surface area contributed by atoms with Gasteiger partial charge >= 0.3 is 0 Å². The van der Waals surface area contributed by atoms with Crippen molar-refractivity contribution in [3.63, 3.8) is 0 Å². The van der Waals surface area contributed by atoms with Crippen molar-refractivity contribution >= 4 is 31.9 Å². The van der Waals surface area contributed by atoms with Gasteiger partial charge in [-0.25, -0.2) is 0 Å². The van der Waals surface area contributed by atoms with Gasteiger partial charge in [0, 0.05) is 11.9 Å². The van der Waals surface area contributed by atoms with Gasteiger partial charge in [-0.15, -0.1) is 0 Å². The smallest absolute Gasteiger partial charge is 0.0766 e. The molecule has 104 valence electrons. The van der Waals surface area contributed by atoms with Crippen molar-refractivity contribution in [2.45, 2.75) is 54.0 Å². The third-order valence-electron chi connectivity index (χ3n) is 3.96. The van der Waals surface area contributed by atoms with Crippen LogP contribution in [0.15, 0.2) is 4.47 Å². The number of rotatable bonds is 6. The van der Waals surface area contributed by atoms with E-state index in [2.05, 4.69) is 76.3 Å². The third-order valence-corrected chi connectivity index (χ3v) is 6.16. The van der Waals surface area contributed by atoms with E-state index in [1.807, 2.05) is 0 Å². The summed E-state index contributed by atoms with van der Waals surface area (Å²) in [5, 5.41) is 5.69. The first-order chi connectivity index (χ1) is 8.39. The van der Waals surface area contributed by atoms with E-state index in [4.69, 9.17) is 0 Å². The van der Waals surface area contributed by atoms with Crippen molar-refractivity contribution in [3.8, 4) is 0 Å². The third kappa shape index (κ3) is 3.19. The Labute approximate surface area is 128 Å². The minimum absolute atomic E-state index is 0.264. The van der Waals surface area contributed by atoms with Crippen LogP contribution >= 0.6 is 31.9 Å². The standard InChI is InChI=1S/C14H24Br2N2/c1-6-11-13(16)12(18(7-2)17-11)8-14(5,9-15)10(3)4/h10H,6-9H2,1-5H3. The molecule has 0 saturated carbocycles. The molecule has 1 atom stereocenters. The van der Waals surface area contributed by atoms with Crippen LogP contribution in [0, 0.1) is 11.3 Å². The lowest BCUT2D eigenvalue weighted by atomic mass is 9.77. The Bertz CT molecular complexity index is 399. The highest BCUT2D eigenvalue weighted by Gasteiger charge is 2.30. The van der Waals surface area contributed by atoms with Crippen LogP contribution in [0.1, 0.15) is 46.0 Å². The van der Waals surface area contributed by atoms with Crippen molar-refractivity contribution < 1.29 is 0 Å². The molecule has 0 radical (unpaired) electrons. The zero-order chi connectivity index (χ0) is 13.9.